The lowest BCUT2D eigenvalue weighted by Gasteiger charge is -2.28. The number of aryl methyl sites for hydroxylation is 1. The number of hydrogen-bond acceptors (Lipinski definition) is 3. The average molecular weight is 306 g/mol. The van der Waals surface area contributed by atoms with Gasteiger partial charge in [0.2, 0.25) is 0 Å². The molecule has 1 heterocycles. The van der Waals surface area contributed by atoms with Gasteiger partial charge in [-0.1, -0.05) is 18.2 Å². The molecule has 0 saturated carbocycles. The second kappa shape index (κ2) is 8.79. The number of piperidine rings is 1. The molecule has 0 bridgehead atoms. The fourth-order valence-corrected chi connectivity index (χ4v) is 3.06. The van der Waals surface area contributed by atoms with E-state index in [1.165, 1.54) is 10.5 Å². The van der Waals surface area contributed by atoms with Crippen LogP contribution in [-0.4, -0.2) is 38.8 Å². The van der Waals surface area contributed by atoms with Gasteiger partial charge < -0.3 is 14.4 Å². The summed E-state index contributed by atoms with van der Waals surface area (Å²) < 4.78 is 11.0. The number of nitrogens with one attached hydrogen (secondary N) is 1. The first-order valence-electron chi connectivity index (χ1n) is 8.39. The Bertz CT molecular complexity index is 475. The third kappa shape index (κ3) is 5.02. The second-order valence-electron chi connectivity index (χ2n) is 6.01. The summed E-state index contributed by atoms with van der Waals surface area (Å²) in [5.41, 5.74) is 1.18. The highest BCUT2D eigenvalue weighted by Gasteiger charge is 2.29. The zero-order chi connectivity index (χ0) is 15.8. The van der Waals surface area contributed by atoms with Crippen LogP contribution in [0.2, 0.25) is 0 Å². The van der Waals surface area contributed by atoms with E-state index in [1.54, 1.807) is 0 Å². The van der Waals surface area contributed by atoms with Gasteiger partial charge in [0, 0.05) is 6.42 Å². The van der Waals surface area contributed by atoms with Gasteiger partial charge in [0.15, 0.2) is 0 Å². The van der Waals surface area contributed by atoms with Crippen LogP contribution in [0.4, 0.5) is 0 Å². The summed E-state index contributed by atoms with van der Waals surface area (Å²) in [6, 6.07) is 8.10. The van der Waals surface area contributed by atoms with Crippen LogP contribution in [-0.2, 0) is 9.53 Å². The van der Waals surface area contributed by atoms with Gasteiger partial charge in [0.05, 0.1) is 32.8 Å². The van der Waals surface area contributed by atoms with Gasteiger partial charge in [-0.2, -0.15) is 0 Å². The first kappa shape index (κ1) is 16.8. The molecule has 1 aromatic carbocycles. The lowest BCUT2D eigenvalue weighted by atomic mass is 9.98. The molecule has 1 fully saturated rings. The average Bonchev–Trinajstić information content (AvgIpc) is 2.54. The van der Waals surface area contributed by atoms with Crippen molar-refractivity contribution >= 4 is 5.97 Å². The predicted octanol–water partition coefficient (Wildman–Crippen LogP) is 1.62. The Morgan fingerprint density at radius 3 is 2.95 bits per heavy atom. The molecule has 1 aliphatic heterocycles. The van der Waals surface area contributed by atoms with Crippen molar-refractivity contribution in [3.8, 4) is 5.75 Å². The molecule has 0 spiro atoms. The summed E-state index contributed by atoms with van der Waals surface area (Å²) >= 11 is 0. The SMILES string of the molecule is CCOC(=O)[C@H]1CCC[NH+](CCCOc2ccccc2C)C1. The van der Waals surface area contributed by atoms with Crippen LogP contribution in [0, 0.1) is 12.8 Å². The van der Waals surface area contributed by atoms with Crippen LogP contribution >= 0.6 is 0 Å². The summed E-state index contributed by atoms with van der Waals surface area (Å²) in [7, 11) is 0. The van der Waals surface area contributed by atoms with Gasteiger partial charge in [-0.3, -0.25) is 4.79 Å². The number of esters is 1. The number of rotatable bonds is 7. The quantitative estimate of drug-likeness (QED) is 0.615. The molecular formula is C18H28NO3+. The van der Waals surface area contributed by atoms with Crippen molar-refractivity contribution < 1.29 is 19.2 Å². The lowest BCUT2D eigenvalue weighted by Crippen LogP contribution is -3.13. The number of benzene rings is 1. The molecule has 0 amide bonds. The zero-order valence-electron chi connectivity index (χ0n) is 13.8. The highest BCUT2D eigenvalue weighted by atomic mass is 16.5. The number of para-hydroxylation sites is 1. The van der Waals surface area contributed by atoms with Crippen molar-refractivity contribution in [1.29, 1.82) is 0 Å². The van der Waals surface area contributed by atoms with Gasteiger partial charge in [-0.25, -0.2) is 0 Å². The van der Waals surface area contributed by atoms with Crippen molar-refractivity contribution in [2.75, 3.05) is 32.8 Å². The van der Waals surface area contributed by atoms with Crippen molar-refractivity contribution in [1.82, 2.24) is 0 Å². The van der Waals surface area contributed by atoms with Crippen LogP contribution in [0.5, 0.6) is 5.75 Å². The molecule has 4 nitrogen and oxygen atoms in total. The Kier molecular flexibility index (Phi) is 6.72. The van der Waals surface area contributed by atoms with Crippen LogP contribution in [0.15, 0.2) is 24.3 Å². The second-order valence-corrected chi connectivity index (χ2v) is 6.01. The van der Waals surface area contributed by atoms with E-state index in [1.807, 2.05) is 25.1 Å². The van der Waals surface area contributed by atoms with Gasteiger partial charge in [0.25, 0.3) is 0 Å². The molecule has 122 valence electrons. The summed E-state index contributed by atoms with van der Waals surface area (Å²) in [5.74, 6) is 1.04. The Morgan fingerprint density at radius 1 is 1.36 bits per heavy atom. The minimum absolute atomic E-state index is 0.0177. The Labute approximate surface area is 133 Å². The molecule has 2 atom stereocenters. The Balaban J connectivity index is 1.68. The van der Waals surface area contributed by atoms with Crippen molar-refractivity contribution in [3.63, 3.8) is 0 Å². The van der Waals surface area contributed by atoms with Crippen LogP contribution in [0.3, 0.4) is 0 Å². The topological polar surface area (TPSA) is 40.0 Å². The zero-order valence-corrected chi connectivity index (χ0v) is 13.8. The van der Waals surface area contributed by atoms with E-state index >= 15 is 0 Å². The summed E-state index contributed by atoms with van der Waals surface area (Å²) in [6.07, 6.45) is 3.10. The minimum Gasteiger partial charge on any atom is -0.493 e. The van der Waals surface area contributed by atoms with E-state index < -0.39 is 0 Å². The number of carbonyl (C=O) groups is 1. The van der Waals surface area contributed by atoms with E-state index in [9.17, 15) is 4.79 Å². The molecule has 0 aliphatic carbocycles. The normalized spacial score (nSPS) is 21.4. The standard InChI is InChI=1S/C18H27NO3/c1-3-21-18(20)16-9-6-11-19(14-16)12-7-13-22-17-10-5-4-8-15(17)2/h4-5,8,10,16H,3,6-7,9,11-14H2,1-2H3/p+1/t16-/m0/s1. The Morgan fingerprint density at radius 2 is 2.18 bits per heavy atom. The first-order valence-corrected chi connectivity index (χ1v) is 8.39. The van der Waals surface area contributed by atoms with Crippen molar-refractivity contribution in [2.24, 2.45) is 5.92 Å². The van der Waals surface area contributed by atoms with Gasteiger partial charge in [-0.05, 0) is 38.3 Å². The molecule has 0 radical (unpaired) electrons. The van der Waals surface area contributed by atoms with E-state index in [0.717, 1.165) is 51.3 Å². The predicted molar refractivity (Wildman–Crippen MR) is 86.2 cm³/mol. The number of ether oxygens (including phenoxy) is 2. The monoisotopic (exact) mass is 306 g/mol. The van der Waals surface area contributed by atoms with Crippen molar-refractivity contribution in [2.45, 2.75) is 33.1 Å². The van der Waals surface area contributed by atoms with Crippen molar-refractivity contribution in [3.05, 3.63) is 29.8 Å². The molecule has 1 N–H and O–H groups in total. The number of quaternary nitrogens is 1. The van der Waals surface area contributed by atoms with Crippen LogP contribution in [0.25, 0.3) is 0 Å². The molecule has 1 unspecified atom stereocenters. The molecule has 2 rings (SSSR count). The maximum absolute atomic E-state index is 11.8. The highest BCUT2D eigenvalue weighted by molar-refractivity contribution is 5.72. The van der Waals surface area contributed by atoms with Gasteiger partial charge in [-0.15, -0.1) is 0 Å². The molecular weight excluding hydrogens is 278 g/mol. The summed E-state index contributed by atoms with van der Waals surface area (Å²) in [6.45, 7) is 8.27. The summed E-state index contributed by atoms with van der Waals surface area (Å²) in [4.78, 5) is 13.3. The minimum atomic E-state index is -0.0177. The maximum Gasteiger partial charge on any atom is 0.314 e. The van der Waals surface area contributed by atoms with Gasteiger partial charge >= 0.3 is 5.97 Å². The van der Waals surface area contributed by atoms with E-state index in [2.05, 4.69) is 13.0 Å². The number of carbonyl (C=O) groups excluding carboxylic acids is 1. The maximum atomic E-state index is 11.8. The van der Waals surface area contributed by atoms with E-state index in [0.29, 0.717) is 6.61 Å². The third-order valence-electron chi connectivity index (χ3n) is 4.26. The largest absolute Gasteiger partial charge is 0.493 e. The molecule has 22 heavy (non-hydrogen) atoms. The molecule has 1 aromatic rings. The van der Waals surface area contributed by atoms with Crippen LogP contribution in [0.1, 0.15) is 31.7 Å². The fraction of sp³-hybridized carbons (Fsp3) is 0.611. The van der Waals surface area contributed by atoms with E-state index in [4.69, 9.17) is 9.47 Å². The summed E-state index contributed by atoms with van der Waals surface area (Å²) in [5, 5.41) is 0. The number of likely N-dealkylation sites (tertiary alicyclic amines) is 1. The first-order chi connectivity index (χ1) is 10.7. The molecule has 1 aliphatic rings. The fourth-order valence-electron chi connectivity index (χ4n) is 3.06. The highest BCUT2D eigenvalue weighted by Crippen LogP contribution is 2.16. The molecule has 1 saturated heterocycles. The van der Waals surface area contributed by atoms with Gasteiger partial charge in [0.1, 0.15) is 11.7 Å². The van der Waals surface area contributed by atoms with Crippen LogP contribution < -0.4 is 9.64 Å². The number of hydrogen-bond donors (Lipinski definition) is 1. The third-order valence-corrected chi connectivity index (χ3v) is 4.26. The lowest BCUT2D eigenvalue weighted by molar-refractivity contribution is -0.907. The molecule has 0 aromatic heterocycles. The molecule has 4 heteroatoms. The van der Waals surface area contributed by atoms with E-state index in [-0.39, 0.29) is 11.9 Å². The Hall–Kier alpha value is -1.55. The smallest absolute Gasteiger partial charge is 0.314 e.